The Balaban J connectivity index is 1.62. The topological polar surface area (TPSA) is 97.4 Å². The molecule has 1 saturated heterocycles. The third kappa shape index (κ3) is 7.05. The van der Waals surface area contributed by atoms with E-state index in [1.807, 2.05) is 0 Å². The number of hydrogen-bond acceptors (Lipinski definition) is 7. The summed E-state index contributed by atoms with van der Waals surface area (Å²) < 4.78 is 56.0. The minimum absolute atomic E-state index is 0.0482. The fourth-order valence-electron chi connectivity index (χ4n) is 4.54. The van der Waals surface area contributed by atoms with Crippen molar-refractivity contribution in [2.45, 2.75) is 32.1 Å². The number of thiocarbonyl (C=S) groups is 1. The van der Waals surface area contributed by atoms with Crippen LogP contribution >= 0.6 is 12.2 Å². The van der Waals surface area contributed by atoms with Crippen LogP contribution < -0.4 is 19.7 Å². The van der Waals surface area contributed by atoms with E-state index in [1.54, 1.807) is 25.1 Å². The highest BCUT2D eigenvalue weighted by Crippen LogP contribution is 2.35. The molecule has 1 fully saturated rings. The number of hydrogen-bond donors (Lipinski definition) is 1. The smallest absolute Gasteiger partial charge is 0.416 e. The summed E-state index contributed by atoms with van der Waals surface area (Å²) in [6.45, 7) is 1.95. The quantitative estimate of drug-likeness (QED) is 0.238. The van der Waals surface area contributed by atoms with Gasteiger partial charge in [0.15, 0.2) is 16.6 Å². The molecular formula is C30H28F3N3O6S. The minimum atomic E-state index is -4.64. The number of carbonyl (C=O) groups is 3. The summed E-state index contributed by atoms with van der Waals surface area (Å²) in [4.78, 5) is 41.2. The number of nitrogens with one attached hydrogen (secondary N) is 1. The molecule has 43 heavy (non-hydrogen) atoms. The molecule has 0 aliphatic carbocycles. The molecule has 0 aromatic heterocycles. The molecule has 4 rings (SSSR count). The fraction of sp³-hybridized carbons (Fsp3) is 0.267. The number of methoxy groups -OCH3 is 2. The largest absolute Gasteiger partial charge is 0.493 e. The van der Waals surface area contributed by atoms with E-state index in [9.17, 15) is 27.6 Å². The third-order valence-corrected chi connectivity index (χ3v) is 7.03. The van der Waals surface area contributed by atoms with Gasteiger partial charge < -0.3 is 24.4 Å². The van der Waals surface area contributed by atoms with Gasteiger partial charge in [0.05, 0.1) is 44.1 Å². The van der Waals surface area contributed by atoms with Gasteiger partial charge in [-0.3, -0.25) is 14.5 Å². The van der Waals surface area contributed by atoms with Gasteiger partial charge in [0, 0.05) is 12.2 Å². The standard InChI is InChI=1S/C30H28F3N3O6S/c1-4-42-28(39)19-9-11-21(12-10-19)34-26(37)16-23-27(38)36(22-7-5-6-20(15-22)30(31,32)33)29(43)35(23)17-18-8-13-24(40-2)25(14-18)41-3/h5-15,23H,4,16-17H2,1-3H3,(H,34,37). The van der Waals surface area contributed by atoms with E-state index in [1.165, 1.54) is 55.5 Å². The van der Waals surface area contributed by atoms with Crippen molar-refractivity contribution in [3.63, 3.8) is 0 Å². The fourth-order valence-corrected chi connectivity index (χ4v) is 4.93. The van der Waals surface area contributed by atoms with Crippen LogP contribution in [-0.4, -0.2) is 54.7 Å². The van der Waals surface area contributed by atoms with Gasteiger partial charge in [-0.05, 0) is 79.3 Å². The summed E-state index contributed by atoms with van der Waals surface area (Å²) >= 11 is 5.60. The minimum Gasteiger partial charge on any atom is -0.493 e. The number of ether oxygens (including phenoxy) is 3. The van der Waals surface area contributed by atoms with Crippen LogP contribution in [0.3, 0.4) is 0 Å². The third-order valence-electron chi connectivity index (χ3n) is 6.61. The van der Waals surface area contributed by atoms with Crippen molar-refractivity contribution in [2.75, 3.05) is 31.0 Å². The lowest BCUT2D eigenvalue weighted by Gasteiger charge is -2.24. The van der Waals surface area contributed by atoms with E-state index in [2.05, 4.69) is 5.32 Å². The number of benzene rings is 3. The van der Waals surface area contributed by atoms with Gasteiger partial charge >= 0.3 is 12.1 Å². The highest BCUT2D eigenvalue weighted by molar-refractivity contribution is 7.80. The van der Waals surface area contributed by atoms with E-state index >= 15 is 0 Å². The SMILES string of the molecule is CCOC(=O)c1ccc(NC(=O)CC2C(=O)N(c3cccc(C(F)(F)F)c3)C(=S)N2Cc2ccc(OC)c(OC)c2)cc1. The Kier molecular flexibility index (Phi) is 9.54. The second-order valence-corrected chi connectivity index (χ2v) is 9.75. The molecule has 1 heterocycles. The predicted molar refractivity (Wildman–Crippen MR) is 156 cm³/mol. The highest BCUT2D eigenvalue weighted by Gasteiger charge is 2.45. The first-order chi connectivity index (χ1) is 20.5. The van der Waals surface area contributed by atoms with Crippen molar-refractivity contribution in [3.05, 3.63) is 83.4 Å². The first-order valence-corrected chi connectivity index (χ1v) is 13.5. The average molecular weight is 616 g/mol. The van der Waals surface area contributed by atoms with Crippen LogP contribution in [0.5, 0.6) is 11.5 Å². The van der Waals surface area contributed by atoms with Crippen molar-refractivity contribution in [1.29, 1.82) is 0 Å². The van der Waals surface area contributed by atoms with Crippen LogP contribution in [-0.2, 0) is 27.0 Å². The Morgan fingerprint density at radius 2 is 1.67 bits per heavy atom. The predicted octanol–water partition coefficient (Wildman–Crippen LogP) is 5.43. The molecule has 1 N–H and O–H groups in total. The van der Waals surface area contributed by atoms with Gasteiger partial charge in [0.2, 0.25) is 5.91 Å². The number of anilines is 2. The number of rotatable bonds is 10. The zero-order valence-electron chi connectivity index (χ0n) is 23.4. The van der Waals surface area contributed by atoms with E-state index in [0.29, 0.717) is 28.3 Å². The van der Waals surface area contributed by atoms with Gasteiger partial charge in [-0.1, -0.05) is 12.1 Å². The number of esters is 1. The van der Waals surface area contributed by atoms with Gasteiger partial charge in [-0.25, -0.2) is 4.79 Å². The maximum Gasteiger partial charge on any atom is 0.416 e. The Labute approximate surface area is 251 Å². The van der Waals surface area contributed by atoms with Crippen molar-refractivity contribution in [2.24, 2.45) is 0 Å². The summed E-state index contributed by atoms with van der Waals surface area (Å²) in [5.74, 6) is -0.815. The van der Waals surface area contributed by atoms with E-state index in [0.717, 1.165) is 17.0 Å². The molecule has 0 radical (unpaired) electrons. The molecule has 0 saturated carbocycles. The summed E-state index contributed by atoms with van der Waals surface area (Å²) in [6, 6.07) is 14.2. The summed E-state index contributed by atoms with van der Waals surface area (Å²) in [5.41, 5.74) is 0.305. The number of alkyl halides is 3. The zero-order chi connectivity index (χ0) is 31.3. The van der Waals surface area contributed by atoms with Gasteiger partial charge in [-0.15, -0.1) is 0 Å². The molecule has 0 spiro atoms. The monoisotopic (exact) mass is 615 g/mol. The molecule has 13 heteroatoms. The molecule has 1 aliphatic heterocycles. The number of nitrogens with zero attached hydrogens (tertiary/aromatic N) is 2. The molecule has 1 unspecified atom stereocenters. The average Bonchev–Trinajstić information content (AvgIpc) is 3.20. The molecule has 9 nitrogen and oxygen atoms in total. The molecule has 0 bridgehead atoms. The van der Waals surface area contributed by atoms with E-state index in [4.69, 9.17) is 26.4 Å². The van der Waals surface area contributed by atoms with Crippen LogP contribution in [0.1, 0.15) is 34.8 Å². The molecule has 226 valence electrons. The van der Waals surface area contributed by atoms with E-state index in [-0.39, 0.29) is 30.4 Å². The maximum absolute atomic E-state index is 13.7. The van der Waals surface area contributed by atoms with Crippen LogP contribution in [0.2, 0.25) is 0 Å². The van der Waals surface area contributed by atoms with Crippen LogP contribution in [0.4, 0.5) is 24.5 Å². The number of halogens is 3. The summed E-state index contributed by atoms with van der Waals surface area (Å²) in [7, 11) is 2.95. The molecule has 1 aliphatic rings. The number of carbonyl (C=O) groups excluding carboxylic acids is 3. The zero-order valence-corrected chi connectivity index (χ0v) is 24.3. The Morgan fingerprint density at radius 3 is 2.30 bits per heavy atom. The molecule has 3 aromatic rings. The van der Waals surface area contributed by atoms with Gasteiger partial charge in [0.25, 0.3) is 5.91 Å². The molecule has 1 atom stereocenters. The normalized spacial score (nSPS) is 15.0. The first kappa shape index (κ1) is 31.3. The lowest BCUT2D eigenvalue weighted by molar-refractivity contribution is -0.137. The lowest BCUT2D eigenvalue weighted by atomic mass is 10.1. The highest BCUT2D eigenvalue weighted by atomic mass is 32.1. The second kappa shape index (κ2) is 13.1. The Hall–Kier alpha value is -4.65. The number of amides is 2. The van der Waals surface area contributed by atoms with Crippen LogP contribution in [0.25, 0.3) is 0 Å². The van der Waals surface area contributed by atoms with E-state index < -0.39 is 35.6 Å². The molecular weight excluding hydrogens is 587 g/mol. The van der Waals surface area contributed by atoms with Crippen LogP contribution in [0.15, 0.2) is 66.7 Å². The Morgan fingerprint density at radius 1 is 0.977 bits per heavy atom. The summed E-state index contributed by atoms with van der Waals surface area (Å²) in [6.07, 6.45) is -5.00. The van der Waals surface area contributed by atoms with Crippen molar-refractivity contribution in [3.8, 4) is 11.5 Å². The van der Waals surface area contributed by atoms with Crippen LogP contribution in [0, 0.1) is 0 Å². The molecule has 2 amide bonds. The summed E-state index contributed by atoms with van der Waals surface area (Å²) in [5, 5.41) is 2.63. The molecule has 3 aromatic carbocycles. The van der Waals surface area contributed by atoms with Crippen molar-refractivity contribution >= 4 is 46.5 Å². The second-order valence-electron chi connectivity index (χ2n) is 9.39. The lowest BCUT2D eigenvalue weighted by Crippen LogP contribution is -2.37. The van der Waals surface area contributed by atoms with Crippen molar-refractivity contribution < 1.29 is 41.8 Å². The Bertz CT molecular complexity index is 1530. The maximum atomic E-state index is 13.7. The van der Waals surface area contributed by atoms with Gasteiger partial charge in [0.1, 0.15) is 6.04 Å². The van der Waals surface area contributed by atoms with Crippen molar-refractivity contribution in [1.82, 2.24) is 4.90 Å². The van der Waals surface area contributed by atoms with Gasteiger partial charge in [-0.2, -0.15) is 13.2 Å². The first-order valence-electron chi connectivity index (χ1n) is 13.1.